The molecule has 0 unspecified atom stereocenters. The SMILES string of the molecule is CCN(CC)c1ccc(NC(=O)CCc2nnc(-c3ccc(C)cc3)o2)cn1. The number of hydrogen-bond acceptors (Lipinski definition) is 6. The molecule has 1 N–H and O–H groups in total. The fourth-order valence-electron chi connectivity index (χ4n) is 2.81. The lowest BCUT2D eigenvalue weighted by Crippen LogP contribution is -2.22. The van der Waals surface area contributed by atoms with Gasteiger partial charge in [0.15, 0.2) is 0 Å². The monoisotopic (exact) mass is 379 g/mol. The van der Waals surface area contributed by atoms with Gasteiger partial charge in [-0.25, -0.2) is 4.98 Å². The third-order valence-corrected chi connectivity index (χ3v) is 4.45. The molecule has 2 heterocycles. The van der Waals surface area contributed by atoms with Gasteiger partial charge in [-0.05, 0) is 45.0 Å². The number of rotatable bonds is 8. The molecule has 0 atom stereocenters. The van der Waals surface area contributed by atoms with Gasteiger partial charge in [0, 0.05) is 31.5 Å². The molecule has 0 fully saturated rings. The van der Waals surface area contributed by atoms with E-state index in [2.05, 4.69) is 39.2 Å². The van der Waals surface area contributed by atoms with Crippen molar-refractivity contribution in [2.45, 2.75) is 33.6 Å². The highest BCUT2D eigenvalue weighted by atomic mass is 16.4. The van der Waals surface area contributed by atoms with Gasteiger partial charge in [-0.2, -0.15) is 0 Å². The molecule has 28 heavy (non-hydrogen) atoms. The molecule has 0 aliphatic rings. The number of anilines is 2. The molecular weight excluding hydrogens is 354 g/mol. The number of hydrogen-bond donors (Lipinski definition) is 1. The zero-order chi connectivity index (χ0) is 19.9. The van der Waals surface area contributed by atoms with E-state index in [4.69, 9.17) is 4.42 Å². The second-order valence-electron chi connectivity index (χ2n) is 6.49. The normalized spacial score (nSPS) is 10.7. The topological polar surface area (TPSA) is 84.2 Å². The Morgan fingerprint density at radius 3 is 2.46 bits per heavy atom. The molecule has 0 saturated heterocycles. The summed E-state index contributed by atoms with van der Waals surface area (Å²) in [4.78, 5) is 18.7. The van der Waals surface area contributed by atoms with Gasteiger partial charge >= 0.3 is 0 Å². The highest BCUT2D eigenvalue weighted by molar-refractivity contribution is 5.90. The van der Waals surface area contributed by atoms with Crippen molar-refractivity contribution < 1.29 is 9.21 Å². The number of carbonyl (C=O) groups is 1. The fourth-order valence-corrected chi connectivity index (χ4v) is 2.81. The van der Waals surface area contributed by atoms with Crippen molar-refractivity contribution in [1.82, 2.24) is 15.2 Å². The highest BCUT2D eigenvalue weighted by Gasteiger charge is 2.11. The lowest BCUT2D eigenvalue weighted by Gasteiger charge is -2.19. The van der Waals surface area contributed by atoms with Gasteiger partial charge in [0.1, 0.15) is 5.82 Å². The third-order valence-electron chi connectivity index (χ3n) is 4.45. The molecule has 3 aromatic rings. The molecule has 0 aliphatic carbocycles. The second kappa shape index (κ2) is 9.12. The first-order chi connectivity index (χ1) is 13.6. The van der Waals surface area contributed by atoms with Gasteiger partial charge in [0.05, 0.1) is 11.9 Å². The van der Waals surface area contributed by atoms with Crippen molar-refractivity contribution >= 4 is 17.4 Å². The quantitative estimate of drug-likeness (QED) is 0.640. The van der Waals surface area contributed by atoms with Gasteiger partial charge in [-0.15, -0.1) is 10.2 Å². The van der Waals surface area contributed by atoms with E-state index >= 15 is 0 Å². The third kappa shape index (κ3) is 4.94. The Morgan fingerprint density at radius 1 is 1.07 bits per heavy atom. The van der Waals surface area contributed by atoms with Gasteiger partial charge in [-0.1, -0.05) is 17.7 Å². The molecule has 1 amide bonds. The smallest absolute Gasteiger partial charge is 0.247 e. The Balaban J connectivity index is 1.52. The van der Waals surface area contributed by atoms with Crippen LogP contribution < -0.4 is 10.2 Å². The van der Waals surface area contributed by atoms with Crippen LogP contribution in [0.1, 0.15) is 31.7 Å². The van der Waals surface area contributed by atoms with Crippen LogP contribution in [0.15, 0.2) is 47.0 Å². The number of nitrogens with one attached hydrogen (secondary N) is 1. The van der Waals surface area contributed by atoms with Crippen molar-refractivity contribution in [2.75, 3.05) is 23.3 Å². The number of aromatic nitrogens is 3. The maximum Gasteiger partial charge on any atom is 0.247 e. The molecule has 7 heteroatoms. The van der Waals surface area contributed by atoms with Crippen LogP contribution in [0.4, 0.5) is 11.5 Å². The average molecular weight is 379 g/mol. The Labute approximate surface area is 164 Å². The number of nitrogens with zero attached hydrogens (tertiary/aromatic N) is 4. The Hall–Kier alpha value is -3.22. The van der Waals surface area contributed by atoms with Gasteiger partial charge in [0.25, 0.3) is 0 Å². The molecule has 2 aromatic heterocycles. The first kappa shape index (κ1) is 19.5. The van der Waals surface area contributed by atoms with Crippen molar-refractivity contribution in [1.29, 1.82) is 0 Å². The van der Waals surface area contributed by atoms with Gasteiger partial charge in [-0.3, -0.25) is 4.79 Å². The summed E-state index contributed by atoms with van der Waals surface area (Å²) in [5.41, 5.74) is 2.71. The molecule has 7 nitrogen and oxygen atoms in total. The molecular formula is C21H25N5O2. The van der Waals surface area contributed by atoms with Crippen LogP contribution in [-0.2, 0) is 11.2 Å². The number of benzene rings is 1. The minimum Gasteiger partial charge on any atom is -0.421 e. The maximum absolute atomic E-state index is 12.2. The zero-order valence-electron chi connectivity index (χ0n) is 16.5. The molecule has 3 rings (SSSR count). The summed E-state index contributed by atoms with van der Waals surface area (Å²) in [7, 11) is 0. The Morgan fingerprint density at radius 2 is 1.82 bits per heavy atom. The predicted octanol–water partition coefficient (Wildman–Crippen LogP) is 3.86. The lowest BCUT2D eigenvalue weighted by molar-refractivity contribution is -0.116. The largest absolute Gasteiger partial charge is 0.421 e. The van der Waals surface area contributed by atoms with Crippen LogP contribution in [0, 0.1) is 6.92 Å². The van der Waals surface area contributed by atoms with Crippen LogP contribution in [0.3, 0.4) is 0 Å². The second-order valence-corrected chi connectivity index (χ2v) is 6.49. The van der Waals surface area contributed by atoms with Crippen molar-refractivity contribution in [3.8, 4) is 11.5 Å². The Kier molecular flexibility index (Phi) is 6.37. The van der Waals surface area contributed by atoms with Gasteiger partial charge < -0.3 is 14.6 Å². The van der Waals surface area contributed by atoms with E-state index in [0.717, 1.165) is 24.5 Å². The predicted molar refractivity (Wildman–Crippen MR) is 109 cm³/mol. The van der Waals surface area contributed by atoms with Crippen LogP contribution in [0.5, 0.6) is 0 Å². The minimum atomic E-state index is -0.118. The summed E-state index contributed by atoms with van der Waals surface area (Å²) in [5, 5.41) is 10.9. The minimum absolute atomic E-state index is 0.118. The van der Waals surface area contributed by atoms with Crippen LogP contribution >= 0.6 is 0 Å². The fraction of sp³-hybridized carbons (Fsp3) is 0.333. The molecule has 1 aromatic carbocycles. The van der Waals surface area contributed by atoms with Crippen LogP contribution in [-0.4, -0.2) is 34.2 Å². The summed E-state index contributed by atoms with van der Waals surface area (Å²) in [6.07, 6.45) is 2.32. The van der Waals surface area contributed by atoms with E-state index < -0.39 is 0 Å². The number of carbonyl (C=O) groups excluding carboxylic acids is 1. The van der Waals surface area contributed by atoms with E-state index in [0.29, 0.717) is 23.9 Å². The van der Waals surface area contributed by atoms with Crippen molar-refractivity contribution in [2.24, 2.45) is 0 Å². The average Bonchev–Trinajstić information content (AvgIpc) is 3.18. The first-order valence-corrected chi connectivity index (χ1v) is 9.49. The summed E-state index contributed by atoms with van der Waals surface area (Å²) in [5.74, 6) is 1.69. The molecule has 0 bridgehead atoms. The van der Waals surface area contributed by atoms with E-state index in [1.165, 1.54) is 5.56 Å². The summed E-state index contributed by atoms with van der Waals surface area (Å²) < 4.78 is 5.66. The van der Waals surface area contributed by atoms with Crippen molar-refractivity contribution in [3.63, 3.8) is 0 Å². The van der Waals surface area contributed by atoms with E-state index in [1.807, 2.05) is 43.3 Å². The van der Waals surface area contributed by atoms with Crippen LogP contribution in [0.25, 0.3) is 11.5 Å². The maximum atomic E-state index is 12.2. The number of amides is 1. The highest BCUT2D eigenvalue weighted by Crippen LogP contribution is 2.19. The standard InChI is InChI=1S/C21H25N5O2/c1-4-26(5-2)18-11-10-17(14-22-18)23-19(27)12-13-20-24-25-21(28-20)16-8-6-15(3)7-9-16/h6-11,14H,4-5,12-13H2,1-3H3,(H,23,27). The van der Waals surface area contributed by atoms with Gasteiger partial charge in [0.2, 0.25) is 17.7 Å². The van der Waals surface area contributed by atoms with E-state index in [-0.39, 0.29) is 12.3 Å². The molecule has 0 radical (unpaired) electrons. The lowest BCUT2D eigenvalue weighted by atomic mass is 10.1. The Bertz CT molecular complexity index is 899. The van der Waals surface area contributed by atoms with Crippen LogP contribution in [0.2, 0.25) is 0 Å². The molecule has 0 saturated carbocycles. The molecule has 0 spiro atoms. The van der Waals surface area contributed by atoms with E-state index in [1.54, 1.807) is 6.20 Å². The molecule has 146 valence electrons. The summed E-state index contributed by atoms with van der Waals surface area (Å²) >= 11 is 0. The molecule has 0 aliphatic heterocycles. The summed E-state index contributed by atoms with van der Waals surface area (Å²) in [6.45, 7) is 7.98. The first-order valence-electron chi connectivity index (χ1n) is 9.49. The van der Waals surface area contributed by atoms with E-state index in [9.17, 15) is 4.79 Å². The number of aryl methyl sites for hydroxylation is 2. The summed E-state index contributed by atoms with van der Waals surface area (Å²) in [6, 6.07) is 11.6. The number of pyridine rings is 1. The zero-order valence-corrected chi connectivity index (χ0v) is 16.5. The van der Waals surface area contributed by atoms with Crippen molar-refractivity contribution in [3.05, 3.63) is 54.0 Å².